The fourth-order valence-corrected chi connectivity index (χ4v) is 3.72. The Morgan fingerprint density at radius 1 is 1.26 bits per heavy atom. The number of carbonyl (C=O) groups is 1. The van der Waals surface area contributed by atoms with Crippen LogP contribution < -0.4 is 20.8 Å². The van der Waals surface area contributed by atoms with E-state index < -0.39 is 5.91 Å². The summed E-state index contributed by atoms with van der Waals surface area (Å²) in [5.74, 6) is 0.492. The quantitative estimate of drug-likeness (QED) is 0.449. The summed E-state index contributed by atoms with van der Waals surface area (Å²) in [6, 6.07) is 8.75. The summed E-state index contributed by atoms with van der Waals surface area (Å²) in [7, 11) is 1.48. The third-order valence-electron chi connectivity index (χ3n) is 4.29. The van der Waals surface area contributed by atoms with Crippen LogP contribution in [0.15, 0.2) is 49.2 Å². The normalized spacial score (nSPS) is 11.4. The number of halogens is 2. The summed E-state index contributed by atoms with van der Waals surface area (Å²) >= 11 is 6.80. The van der Waals surface area contributed by atoms with Gasteiger partial charge in [-0.2, -0.15) is 9.78 Å². The van der Waals surface area contributed by atoms with E-state index in [4.69, 9.17) is 15.2 Å². The maximum Gasteiger partial charge on any atom is 0.282 e. The predicted octanol–water partition coefficient (Wildman–Crippen LogP) is 3.80. The Labute approximate surface area is 195 Å². The zero-order chi connectivity index (χ0) is 22.7. The third kappa shape index (κ3) is 5.13. The number of hydrogen-bond donors (Lipinski definition) is 1. The number of amides is 1. The summed E-state index contributed by atoms with van der Waals surface area (Å²) in [5, 5.41) is 4.85. The molecule has 1 heterocycles. The molecule has 2 aromatic carbocycles. The summed E-state index contributed by atoms with van der Waals surface area (Å²) in [6.45, 7) is 3.53. The summed E-state index contributed by atoms with van der Waals surface area (Å²) < 4.78 is 13.6. The molecule has 0 aliphatic rings. The largest absolute Gasteiger partial charge is 0.493 e. The number of carbonyl (C=O) groups excluding carboxylic acids is 1. The van der Waals surface area contributed by atoms with E-state index in [0.29, 0.717) is 32.5 Å². The lowest BCUT2D eigenvalue weighted by atomic mass is 10.2. The molecular weight excluding hydrogens is 532 g/mol. The molecule has 0 aliphatic carbocycles. The van der Waals surface area contributed by atoms with Crippen LogP contribution in [0.5, 0.6) is 11.5 Å². The summed E-state index contributed by atoms with van der Waals surface area (Å²) in [4.78, 5) is 29.0. The summed E-state index contributed by atoms with van der Waals surface area (Å²) in [5.41, 5.74) is 6.00. The molecule has 162 valence electrons. The second-order valence-electron chi connectivity index (χ2n) is 6.93. The highest BCUT2D eigenvalue weighted by Crippen LogP contribution is 2.34. The van der Waals surface area contributed by atoms with Gasteiger partial charge < -0.3 is 15.2 Å². The van der Waals surface area contributed by atoms with Crippen molar-refractivity contribution in [3.63, 3.8) is 0 Å². The Kier molecular flexibility index (Phi) is 7.11. The molecule has 0 bridgehead atoms. The van der Waals surface area contributed by atoms with Crippen molar-refractivity contribution in [2.24, 2.45) is 10.8 Å². The van der Waals surface area contributed by atoms with E-state index in [1.807, 2.05) is 19.9 Å². The van der Waals surface area contributed by atoms with Crippen molar-refractivity contribution in [3.8, 4) is 11.5 Å². The van der Waals surface area contributed by atoms with Gasteiger partial charge >= 0.3 is 0 Å². The molecule has 0 atom stereocenters. The molecule has 0 aliphatic heterocycles. The number of ether oxygens (including phenoxy) is 2. The van der Waals surface area contributed by atoms with Crippen LogP contribution in [0.3, 0.4) is 0 Å². The zero-order valence-electron chi connectivity index (χ0n) is 17.1. The number of aromatic nitrogens is 2. The number of nitrogens with two attached hydrogens (primary N) is 1. The molecule has 2 N–H and O–H groups in total. The average Bonchev–Trinajstić information content (AvgIpc) is 2.71. The first kappa shape index (κ1) is 23.0. The number of benzene rings is 2. The van der Waals surface area contributed by atoms with Gasteiger partial charge in [-0.05, 0) is 30.3 Å². The molecule has 0 unspecified atom stereocenters. The molecule has 3 aromatic rings. The number of fused-ring (bicyclic) bond motifs is 1. The maximum absolute atomic E-state index is 13.2. The van der Waals surface area contributed by atoms with E-state index in [9.17, 15) is 9.59 Å². The molecule has 0 saturated heterocycles. The molecule has 3 rings (SSSR count). The van der Waals surface area contributed by atoms with E-state index >= 15 is 0 Å². The Bertz CT molecular complexity index is 1240. The molecule has 0 radical (unpaired) electrons. The molecule has 0 saturated carbocycles. The molecule has 0 spiro atoms. The molecule has 10 heteroatoms. The second-order valence-corrected chi connectivity index (χ2v) is 8.76. The van der Waals surface area contributed by atoms with E-state index in [2.05, 4.69) is 41.9 Å². The predicted molar refractivity (Wildman–Crippen MR) is 126 cm³/mol. The van der Waals surface area contributed by atoms with Crippen LogP contribution in [-0.4, -0.2) is 35.5 Å². The van der Waals surface area contributed by atoms with Gasteiger partial charge in [0.15, 0.2) is 18.1 Å². The van der Waals surface area contributed by atoms with E-state index in [1.54, 1.807) is 24.3 Å². The van der Waals surface area contributed by atoms with Crippen LogP contribution >= 0.6 is 31.9 Å². The first-order valence-electron chi connectivity index (χ1n) is 9.26. The summed E-state index contributed by atoms with van der Waals surface area (Å²) in [6.07, 6.45) is 1.46. The van der Waals surface area contributed by atoms with E-state index in [1.165, 1.54) is 18.0 Å². The highest BCUT2D eigenvalue weighted by molar-refractivity contribution is 9.10. The molecule has 8 nitrogen and oxygen atoms in total. The Hall–Kier alpha value is -2.72. The van der Waals surface area contributed by atoms with Crippen molar-refractivity contribution in [2.45, 2.75) is 19.8 Å². The molecule has 1 amide bonds. The fraction of sp³-hybridized carbons (Fsp3) is 0.238. The fourth-order valence-electron chi connectivity index (χ4n) is 2.91. The van der Waals surface area contributed by atoms with Gasteiger partial charge in [0.1, 0.15) is 5.82 Å². The number of nitrogens with zero attached hydrogens (tertiary/aromatic N) is 3. The first-order chi connectivity index (χ1) is 14.7. The van der Waals surface area contributed by atoms with Gasteiger partial charge in [-0.25, -0.2) is 4.98 Å². The second kappa shape index (κ2) is 9.61. The van der Waals surface area contributed by atoms with Crippen molar-refractivity contribution >= 4 is 54.9 Å². The number of hydrogen-bond acceptors (Lipinski definition) is 6. The zero-order valence-corrected chi connectivity index (χ0v) is 20.2. The van der Waals surface area contributed by atoms with Crippen LogP contribution in [0, 0.1) is 0 Å². The van der Waals surface area contributed by atoms with Crippen LogP contribution in [0.25, 0.3) is 10.9 Å². The van der Waals surface area contributed by atoms with Crippen LogP contribution in [0.1, 0.15) is 31.2 Å². The van der Waals surface area contributed by atoms with Gasteiger partial charge in [-0.15, -0.1) is 0 Å². The van der Waals surface area contributed by atoms with Gasteiger partial charge in [0.2, 0.25) is 0 Å². The average molecular weight is 552 g/mol. The van der Waals surface area contributed by atoms with Crippen LogP contribution in [-0.2, 0) is 4.79 Å². The lowest BCUT2D eigenvalue weighted by Crippen LogP contribution is -2.23. The molecular formula is C21H20Br2N4O4. The number of primary amides is 1. The SMILES string of the molecule is COc1cc(Br)cc(C=Nn2c(C(C)C)nc3ccc(Br)cc3c2=O)c1OCC(N)=O. The van der Waals surface area contributed by atoms with Gasteiger partial charge in [0, 0.05) is 20.4 Å². The molecule has 31 heavy (non-hydrogen) atoms. The van der Waals surface area contributed by atoms with E-state index in [0.717, 1.165) is 4.47 Å². The number of rotatable bonds is 7. The smallest absolute Gasteiger partial charge is 0.282 e. The Balaban J connectivity index is 2.18. The topological polar surface area (TPSA) is 109 Å². The van der Waals surface area contributed by atoms with Gasteiger partial charge in [0.25, 0.3) is 11.5 Å². The minimum absolute atomic E-state index is 0.0551. The van der Waals surface area contributed by atoms with Crippen LogP contribution in [0.4, 0.5) is 0 Å². The van der Waals surface area contributed by atoms with Crippen molar-refractivity contribution in [1.82, 2.24) is 9.66 Å². The van der Waals surface area contributed by atoms with E-state index in [-0.39, 0.29) is 23.8 Å². The monoisotopic (exact) mass is 550 g/mol. The Morgan fingerprint density at radius 2 is 2.00 bits per heavy atom. The third-order valence-corrected chi connectivity index (χ3v) is 5.24. The van der Waals surface area contributed by atoms with Gasteiger partial charge in [-0.1, -0.05) is 45.7 Å². The van der Waals surface area contributed by atoms with Crippen molar-refractivity contribution in [3.05, 3.63) is 61.0 Å². The van der Waals surface area contributed by atoms with Gasteiger partial charge in [-0.3, -0.25) is 9.59 Å². The Morgan fingerprint density at radius 3 is 2.65 bits per heavy atom. The van der Waals surface area contributed by atoms with Crippen molar-refractivity contribution in [2.75, 3.05) is 13.7 Å². The highest BCUT2D eigenvalue weighted by atomic mass is 79.9. The van der Waals surface area contributed by atoms with Gasteiger partial charge in [0.05, 0.1) is 24.2 Å². The minimum atomic E-state index is -0.629. The number of methoxy groups -OCH3 is 1. The minimum Gasteiger partial charge on any atom is -0.493 e. The lowest BCUT2D eigenvalue weighted by Gasteiger charge is -2.14. The lowest BCUT2D eigenvalue weighted by molar-refractivity contribution is -0.119. The standard InChI is InChI=1S/C21H20Br2N4O4/c1-11(2)20-26-16-5-4-13(22)7-15(16)21(29)27(20)25-9-12-6-14(23)8-17(30-3)19(12)31-10-18(24)28/h4-9,11H,10H2,1-3H3,(H2,24,28). The van der Waals surface area contributed by atoms with Crippen LogP contribution in [0.2, 0.25) is 0 Å². The molecule has 1 aromatic heterocycles. The van der Waals surface area contributed by atoms with Crippen molar-refractivity contribution in [1.29, 1.82) is 0 Å². The molecule has 0 fully saturated rings. The first-order valence-corrected chi connectivity index (χ1v) is 10.8. The van der Waals surface area contributed by atoms with Crippen molar-refractivity contribution < 1.29 is 14.3 Å². The maximum atomic E-state index is 13.2. The highest BCUT2D eigenvalue weighted by Gasteiger charge is 2.16.